The van der Waals surface area contributed by atoms with Crippen molar-refractivity contribution in [3.05, 3.63) is 0 Å². The normalized spacial score (nSPS) is 12.6. The van der Waals surface area contributed by atoms with Crippen LogP contribution in [0.5, 0.6) is 0 Å². The largest absolute Gasteiger partial charge is 0.383 e. The van der Waals surface area contributed by atoms with Crippen LogP contribution in [0.25, 0.3) is 0 Å². The summed E-state index contributed by atoms with van der Waals surface area (Å²) in [6.45, 7) is 5.74. The first kappa shape index (κ1) is 11.4. The van der Waals surface area contributed by atoms with Gasteiger partial charge in [-0.15, -0.1) is 0 Å². The van der Waals surface area contributed by atoms with Crippen LogP contribution in [-0.4, -0.2) is 38.8 Å². The molecule has 1 amide bonds. The van der Waals surface area contributed by atoms with Gasteiger partial charge < -0.3 is 15.4 Å². The Morgan fingerprint density at radius 1 is 1.58 bits per heavy atom. The van der Waals surface area contributed by atoms with Crippen molar-refractivity contribution in [1.29, 1.82) is 0 Å². The summed E-state index contributed by atoms with van der Waals surface area (Å²) in [5, 5.41) is 5.76. The molecule has 72 valence electrons. The van der Waals surface area contributed by atoms with Crippen molar-refractivity contribution >= 4 is 5.91 Å². The highest BCUT2D eigenvalue weighted by atomic mass is 16.5. The topological polar surface area (TPSA) is 50.4 Å². The van der Waals surface area contributed by atoms with E-state index in [1.165, 1.54) is 0 Å². The molecule has 2 N–H and O–H groups in total. The minimum atomic E-state index is -0.139. The van der Waals surface area contributed by atoms with Crippen LogP contribution < -0.4 is 10.6 Å². The maximum Gasteiger partial charge on any atom is 0.236 e. The van der Waals surface area contributed by atoms with Gasteiger partial charge in [0.1, 0.15) is 0 Å². The molecule has 0 aliphatic carbocycles. The first-order valence-corrected chi connectivity index (χ1v) is 4.22. The summed E-state index contributed by atoms with van der Waals surface area (Å²) in [6.07, 6.45) is 0. The van der Waals surface area contributed by atoms with E-state index < -0.39 is 0 Å². The molecule has 0 aromatic rings. The number of rotatable bonds is 6. The van der Waals surface area contributed by atoms with E-state index in [9.17, 15) is 4.79 Å². The van der Waals surface area contributed by atoms with Crippen LogP contribution in [0.2, 0.25) is 0 Å². The Morgan fingerprint density at radius 3 is 2.75 bits per heavy atom. The third kappa shape index (κ3) is 5.09. The molecule has 4 heteroatoms. The van der Waals surface area contributed by atoms with Crippen molar-refractivity contribution in [3.8, 4) is 0 Å². The molecule has 0 spiro atoms. The van der Waals surface area contributed by atoms with Gasteiger partial charge in [-0.1, -0.05) is 0 Å². The van der Waals surface area contributed by atoms with Gasteiger partial charge in [0.25, 0.3) is 0 Å². The molecule has 0 saturated carbocycles. The van der Waals surface area contributed by atoms with Gasteiger partial charge in [-0.2, -0.15) is 0 Å². The molecule has 0 rings (SSSR count). The van der Waals surface area contributed by atoms with E-state index in [0.29, 0.717) is 19.7 Å². The van der Waals surface area contributed by atoms with Crippen LogP contribution in [0.1, 0.15) is 13.8 Å². The first-order valence-electron chi connectivity index (χ1n) is 4.22. The van der Waals surface area contributed by atoms with E-state index in [2.05, 4.69) is 10.6 Å². The van der Waals surface area contributed by atoms with Crippen LogP contribution in [0, 0.1) is 0 Å². The monoisotopic (exact) mass is 174 g/mol. The highest BCUT2D eigenvalue weighted by molar-refractivity contribution is 5.81. The molecule has 0 aromatic heterocycles. The lowest BCUT2D eigenvalue weighted by molar-refractivity contribution is -0.122. The van der Waals surface area contributed by atoms with Gasteiger partial charge in [-0.25, -0.2) is 0 Å². The number of ether oxygens (including phenoxy) is 1. The fourth-order valence-electron chi connectivity index (χ4n) is 0.798. The van der Waals surface area contributed by atoms with Gasteiger partial charge in [0.15, 0.2) is 0 Å². The predicted octanol–water partition coefficient (Wildman–Crippen LogP) is -0.253. The molecule has 1 atom stereocenters. The Balaban J connectivity index is 3.42. The third-order valence-electron chi connectivity index (χ3n) is 1.50. The van der Waals surface area contributed by atoms with Crippen molar-refractivity contribution in [2.75, 3.05) is 26.8 Å². The van der Waals surface area contributed by atoms with Gasteiger partial charge in [-0.3, -0.25) is 4.79 Å². The number of carbonyl (C=O) groups excluding carboxylic acids is 1. The highest BCUT2D eigenvalue weighted by Gasteiger charge is 2.09. The second-order valence-corrected chi connectivity index (χ2v) is 2.56. The second-order valence-electron chi connectivity index (χ2n) is 2.56. The smallest absolute Gasteiger partial charge is 0.236 e. The van der Waals surface area contributed by atoms with Gasteiger partial charge in [0.05, 0.1) is 12.6 Å². The molecular formula is C8H18N2O2. The first-order chi connectivity index (χ1) is 5.72. The molecule has 0 aromatic carbocycles. The third-order valence-corrected chi connectivity index (χ3v) is 1.50. The Morgan fingerprint density at radius 2 is 2.25 bits per heavy atom. The molecule has 1 unspecified atom stereocenters. The van der Waals surface area contributed by atoms with Crippen LogP contribution in [0.15, 0.2) is 0 Å². The fourth-order valence-corrected chi connectivity index (χ4v) is 0.798. The van der Waals surface area contributed by atoms with Crippen molar-refractivity contribution < 1.29 is 9.53 Å². The lowest BCUT2D eigenvalue weighted by Gasteiger charge is -2.12. The maximum absolute atomic E-state index is 11.1. The SMILES string of the molecule is CCNC(=O)C(C)NCCOC. The molecule has 12 heavy (non-hydrogen) atoms. The molecule has 0 aliphatic heterocycles. The number of methoxy groups -OCH3 is 1. The van der Waals surface area contributed by atoms with Gasteiger partial charge in [0.2, 0.25) is 5.91 Å². The maximum atomic E-state index is 11.1. The minimum Gasteiger partial charge on any atom is -0.383 e. The van der Waals surface area contributed by atoms with Gasteiger partial charge in [0, 0.05) is 20.2 Å². The summed E-state index contributed by atoms with van der Waals surface area (Å²) in [5.74, 6) is 0.0357. The second kappa shape index (κ2) is 7.06. The van der Waals surface area contributed by atoms with E-state index in [1.54, 1.807) is 7.11 Å². The van der Waals surface area contributed by atoms with Crippen LogP contribution in [-0.2, 0) is 9.53 Å². The average molecular weight is 174 g/mol. The molecule has 0 aliphatic rings. The van der Waals surface area contributed by atoms with Crippen molar-refractivity contribution in [3.63, 3.8) is 0 Å². The Bertz CT molecular complexity index is 128. The zero-order chi connectivity index (χ0) is 9.40. The molecule has 4 nitrogen and oxygen atoms in total. The number of nitrogens with one attached hydrogen (secondary N) is 2. The van der Waals surface area contributed by atoms with Crippen molar-refractivity contribution in [2.45, 2.75) is 19.9 Å². The quantitative estimate of drug-likeness (QED) is 0.546. The number of hydrogen-bond donors (Lipinski definition) is 2. The minimum absolute atomic E-state index is 0.0357. The lowest BCUT2D eigenvalue weighted by Crippen LogP contribution is -2.43. The molecule has 0 radical (unpaired) electrons. The molecule has 0 fully saturated rings. The molecular weight excluding hydrogens is 156 g/mol. The molecule has 0 saturated heterocycles. The molecule has 0 heterocycles. The Hall–Kier alpha value is -0.610. The number of carbonyl (C=O) groups is 1. The van der Waals surface area contributed by atoms with Gasteiger partial charge in [-0.05, 0) is 13.8 Å². The van der Waals surface area contributed by atoms with E-state index in [-0.39, 0.29) is 11.9 Å². The van der Waals surface area contributed by atoms with E-state index in [0.717, 1.165) is 0 Å². The summed E-state index contributed by atoms with van der Waals surface area (Å²) < 4.78 is 4.84. The summed E-state index contributed by atoms with van der Waals surface area (Å²) in [4.78, 5) is 11.1. The number of amides is 1. The average Bonchev–Trinajstić information content (AvgIpc) is 2.05. The van der Waals surface area contributed by atoms with Gasteiger partial charge >= 0.3 is 0 Å². The van der Waals surface area contributed by atoms with Crippen LogP contribution in [0.4, 0.5) is 0 Å². The van der Waals surface area contributed by atoms with E-state index >= 15 is 0 Å². The Kier molecular flexibility index (Phi) is 6.70. The fraction of sp³-hybridized carbons (Fsp3) is 0.875. The Labute approximate surface area is 73.7 Å². The summed E-state index contributed by atoms with van der Waals surface area (Å²) >= 11 is 0. The van der Waals surface area contributed by atoms with Crippen LogP contribution in [0.3, 0.4) is 0 Å². The summed E-state index contributed by atoms with van der Waals surface area (Å²) in [6, 6.07) is -0.139. The standard InChI is InChI=1S/C8H18N2O2/c1-4-9-8(11)7(2)10-5-6-12-3/h7,10H,4-6H2,1-3H3,(H,9,11). The molecule has 0 bridgehead atoms. The summed E-state index contributed by atoms with van der Waals surface area (Å²) in [5.41, 5.74) is 0. The van der Waals surface area contributed by atoms with Crippen LogP contribution >= 0.6 is 0 Å². The van der Waals surface area contributed by atoms with Crippen molar-refractivity contribution in [1.82, 2.24) is 10.6 Å². The zero-order valence-corrected chi connectivity index (χ0v) is 8.02. The number of likely N-dealkylation sites (N-methyl/N-ethyl adjacent to an activating group) is 1. The summed E-state index contributed by atoms with van der Waals surface area (Å²) in [7, 11) is 1.64. The zero-order valence-electron chi connectivity index (χ0n) is 8.02. The number of hydrogen-bond acceptors (Lipinski definition) is 3. The highest BCUT2D eigenvalue weighted by Crippen LogP contribution is 1.80. The lowest BCUT2D eigenvalue weighted by atomic mass is 10.3. The van der Waals surface area contributed by atoms with E-state index in [4.69, 9.17) is 4.74 Å². The van der Waals surface area contributed by atoms with Crippen molar-refractivity contribution in [2.24, 2.45) is 0 Å². The predicted molar refractivity (Wildman–Crippen MR) is 48.0 cm³/mol. The van der Waals surface area contributed by atoms with E-state index in [1.807, 2.05) is 13.8 Å².